The Kier molecular flexibility index (Phi) is 6.83. The van der Waals surface area contributed by atoms with Crippen molar-refractivity contribution in [3.8, 4) is 17.2 Å². The van der Waals surface area contributed by atoms with Gasteiger partial charge in [-0.15, -0.1) is 0 Å². The minimum atomic E-state index is 0.613. The first-order valence-corrected chi connectivity index (χ1v) is 8.71. The lowest BCUT2D eigenvalue weighted by atomic mass is 10.2. The molecule has 0 aromatic heterocycles. The zero-order valence-electron chi connectivity index (χ0n) is 13.7. The van der Waals surface area contributed by atoms with Crippen LogP contribution < -0.4 is 19.5 Å². The predicted octanol–water partition coefficient (Wildman–Crippen LogP) is 4.71. The van der Waals surface area contributed by atoms with E-state index in [4.69, 9.17) is 14.2 Å². The zero-order valence-corrected chi connectivity index (χ0v) is 15.8. The quantitative estimate of drug-likeness (QED) is 0.620. The lowest BCUT2D eigenvalue weighted by Gasteiger charge is -2.14. The maximum Gasteiger partial charge on any atom is 0.174 e. The lowest BCUT2D eigenvalue weighted by Crippen LogP contribution is -2.03. The molecule has 4 nitrogen and oxygen atoms in total. The Morgan fingerprint density at radius 3 is 2.30 bits per heavy atom. The largest absolute Gasteiger partial charge is 0.494 e. The molecule has 0 amide bonds. The van der Waals surface area contributed by atoms with E-state index in [0.29, 0.717) is 19.8 Å². The Hall–Kier alpha value is -1.63. The molecule has 0 atom stereocenters. The lowest BCUT2D eigenvalue weighted by molar-refractivity contribution is 0.309. The molecular formula is C18H22INO3. The summed E-state index contributed by atoms with van der Waals surface area (Å²) in [5, 5.41) is 3.41. The molecule has 0 bridgehead atoms. The van der Waals surface area contributed by atoms with E-state index in [-0.39, 0.29) is 0 Å². The van der Waals surface area contributed by atoms with Gasteiger partial charge in [0.05, 0.1) is 23.9 Å². The molecule has 0 heterocycles. The molecule has 23 heavy (non-hydrogen) atoms. The van der Waals surface area contributed by atoms with Gasteiger partial charge in [-0.3, -0.25) is 0 Å². The van der Waals surface area contributed by atoms with Crippen molar-refractivity contribution in [1.82, 2.24) is 0 Å². The Bertz CT molecular complexity index is 629. The number of hydrogen-bond acceptors (Lipinski definition) is 4. The first-order valence-electron chi connectivity index (χ1n) is 7.63. The first-order chi connectivity index (χ1) is 11.2. The number of anilines is 1. The van der Waals surface area contributed by atoms with Gasteiger partial charge in [0.2, 0.25) is 0 Å². The molecule has 0 aliphatic heterocycles. The van der Waals surface area contributed by atoms with Gasteiger partial charge in [0.1, 0.15) is 5.75 Å². The van der Waals surface area contributed by atoms with E-state index in [1.807, 2.05) is 44.2 Å². The molecule has 0 unspecified atom stereocenters. The van der Waals surface area contributed by atoms with E-state index in [1.165, 1.54) is 0 Å². The molecule has 5 heteroatoms. The van der Waals surface area contributed by atoms with Gasteiger partial charge in [0.15, 0.2) is 11.5 Å². The average Bonchev–Trinajstić information content (AvgIpc) is 2.55. The molecule has 0 saturated carbocycles. The third kappa shape index (κ3) is 4.92. The number of methoxy groups -OCH3 is 1. The number of halogens is 1. The van der Waals surface area contributed by atoms with E-state index in [9.17, 15) is 0 Å². The fourth-order valence-electron chi connectivity index (χ4n) is 2.22. The highest BCUT2D eigenvalue weighted by Gasteiger charge is 2.11. The third-order valence-corrected chi connectivity index (χ3v) is 4.04. The summed E-state index contributed by atoms with van der Waals surface area (Å²) in [4.78, 5) is 0. The topological polar surface area (TPSA) is 39.7 Å². The van der Waals surface area contributed by atoms with Gasteiger partial charge in [-0.1, -0.05) is 0 Å². The molecule has 2 aromatic carbocycles. The summed E-state index contributed by atoms with van der Waals surface area (Å²) in [6.07, 6.45) is 0. The van der Waals surface area contributed by atoms with E-state index in [1.54, 1.807) is 7.11 Å². The molecule has 0 radical (unpaired) electrons. The van der Waals surface area contributed by atoms with Crippen molar-refractivity contribution in [1.29, 1.82) is 0 Å². The standard InChI is InChI=1S/C18H22INO3/c1-4-22-15-8-6-14(7-9-15)20-12-13-10-16(19)18(21-3)17(11-13)23-5-2/h6-11,20H,4-5,12H2,1-3H3. The van der Waals surface area contributed by atoms with E-state index >= 15 is 0 Å². The van der Waals surface area contributed by atoms with Crippen LogP contribution in [0.25, 0.3) is 0 Å². The van der Waals surface area contributed by atoms with Gasteiger partial charge in [0.25, 0.3) is 0 Å². The Balaban J connectivity index is 2.07. The van der Waals surface area contributed by atoms with Crippen molar-refractivity contribution in [2.45, 2.75) is 20.4 Å². The number of benzene rings is 2. The fraction of sp³-hybridized carbons (Fsp3) is 0.333. The second-order valence-electron chi connectivity index (χ2n) is 4.85. The first kappa shape index (κ1) is 17.7. The summed E-state index contributed by atoms with van der Waals surface area (Å²) >= 11 is 2.27. The van der Waals surface area contributed by atoms with Crippen LogP contribution in [0.4, 0.5) is 5.69 Å². The Labute approximate surface area is 151 Å². The SMILES string of the molecule is CCOc1ccc(NCc2cc(I)c(OC)c(OCC)c2)cc1. The molecule has 0 fully saturated rings. The van der Waals surface area contributed by atoms with Crippen LogP contribution in [0, 0.1) is 3.57 Å². The smallest absolute Gasteiger partial charge is 0.174 e. The van der Waals surface area contributed by atoms with Gasteiger partial charge >= 0.3 is 0 Å². The molecule has 124 valence electrons. The van der Waals surface area contributed by atoms with Crippen molar-refractivity contribution < 1.29 is 14.2 Å². The Morgan fingerprint density at radius 2 is 1.70 bits per heavy atom. The summed E-state index contributed by atoms with van der Waals surface area (Å²) in [7, 11) is 1.66. The van der Waals surface area contributed by atoms with Crippen molar-refractivity contribution in [3.63, 3.8) is 0 Å². The third-order valence-electron chi connectivity index (χ3n) is 3.24. The Morgan fingerprint density at radius 1 is 1.00 bits per heavy atom. The normalized spacial score (nSPS) is 10.3. The second kappa shape index (κ2) is 8.86. The van der Waals surface area contributed by atoms with Crippen LogP contribution in [-0.2, 0) is 6.54 Å². The van der Waals surface area contributed by atoms with Crippen LogP contribution in [0.15, 0.2) is 36.4 Å². The summed E-state index contributed by atoms with van der Waals surface area (Å²) < 4.78 is 17.6. The van der Waals surface area contributed by atoms with E-state index < -0.39 is 0 Å². The molecule has 0 aliphatic carbocycles. The molecule has 2 rings (SSSR count). The van der Waals surface area contributed by atoms with Gasteiger partial charge in [-0.05, 0) is 78.4 Å². The van der Waals surface area contributed by atoms with Crippen molar-refractivity contribution in [3.05, 3.63) is 45.5 Å². The summed E-state index contributed by atoms with van der Waals surface area (Å²) in [6.45, 7) is 5.96. The van der Waals surface area contributed by atoms with Crippen molar-refractivity contribution >= 4 is 28.3 Å². The number of ether oxygens (including phenoxy) is 3. The van der Waals surface area contributed by atoms with Crippen LogP contribution in [-0.4, -0.2) is 20.3 Å². The summed E-state index contributed by atoms with van der Waals surface area (Å²) in [5.74, 6) is 2.46. The van der Waals surface area contributed by atoms with Crippen molar-refractivity contribution in [2.75, 3.05) is 25.6 Å². The summed E-state index contributed by atoms with van der Waals surface area (Å²) in [6, 6.07) is 12.1. The number of rotatable bonds is 8. The highest BCUT2D eigenvalue weighted by molar-refractivity contribution is 14.1. The molecule has 2 aromatic rings. The van der Waals surface area contributed by atoms with Gasteiger partial charge in [0, 0.05) is 12.2 Å². The van der Waals surface area contributed by atoms with Crippen LogP contribution in [0.5, 0.6) is 17.2 Å². The summed E-state index contributed by atoms with van der Waals surface area (Å²) in [5.41, 5.74) is 2.20. The highest BCUT2D eigenvalue weighted by atomic mass is 127. The molecule has 0 aliphatic rings. The van der Waals surface area contributed by atoms with E-state index in [0.717, 1.165) is 32.1 Å². The van der Waals surface area contributed by atoms with Crippen LogP contribution in [0.3, 0.4) is 0 Å². The molecule has 0 spiro atoms. The molecule has 0 saturated heterocycles. The van der Waals surface area contributed by atoms with Crippen LogP contribution >= 0.6 is 22.6 Å². The maximum absolute atomic E-state index is 5.67. The van der Waals surface area contributed by atoms with Gasteiger partial charge in [-0.25, -0.2) is 0 Å². The van der Waals surface area contributed by atoms with Gasteiger partial charge in [-0.2, -0.15) is 0 Å². The maximum atomic E-state index is 5.67. The molecule has 1 N–H and O–H groups in total. The highest BCUT2D eigenvalue weighted by Crippen LogP contribution is 2.34. The number of hydrogen-bond donors (Lipinski definition) is 1. The predicted molar refractivity (Wildman–Crippen MR) is 102 cm³/mol. The van der Waals surface area contributed by atoms with E-state index in [2.05, 4.69) is 34.0 Å². The fourth-order valence-corrected chi connectivity index (χ4v) is 3.11. The zero-order chi connectivity index (χ0) is 16.7. The monoisotopic (exact) mass is 427 g/mol. The van der Waals surface area contributed by atoms with Gasteiger partial charge < -0.3 is 19.5 Å². The van der Waals surface area contributed by atoms with Crippen LogP contribution in [0.2, 0.25) is 0 Å². The second-order valence-corrected chi connectivity index (χ2v) is 6.02. The minimum absolute atomic E-state index is 0.613. The average molecular weight is 427 g/mol. The minimum Gasteiger partial charge on any atom is -0.494 e. The van der Waals surface area contributed by atoms with Crippen molar-refractivity contribution in [2.24, 2.45) is 0 Å². The number of nitrogens with one attached hydrogen (secondary N) is 1. The van der Waals surface area contributed by atoms with Crippen LogP contribution in [0.1, 0.15) is 19.4 Å². The molecular weight excluding hydrogens is 405 g/mol.